The molecule has 0 spiro atoms. The maximum absolute atomic E-state index is 12.5. The molecule has 0 bridgehead atoms. The number of aromatic nitrogens is 4. The van der Waals surface area contributed by atoms with Crippen LogP contribution in [0.25, 0.3) is 16.7 Å². The molecule has 0 radical (unpaired) electrons. The van der Waals surface area contributed by atoms with Gasteiger partial charge in [-0.3, -0.25) is 14.0 Å². The maximum Gasteiger partial charge on any atom is 0.294 e. The van der Waals surface area contributed by atoms with Crippen molar-refractivity contribution in [3.8, 4) is 5.75 Å². The van der Waals surface area contributed by atoms with Gasteiger partial charge in [-0.1, -0.05) is 25.1 Å². The van der Waals surface area contributed by atoms with Gasteiger partial charge in [-0.2, -0.15) is 0 Å². The van der Waals surface area contributed by atoms with Gasteiger partial charge in [0.05, 0.1) is 17.6 Å². The van der Waals surface area contributed by atoms with Crippen molar-refractivity contribution in [1.29, 1.82) is 0 Å². The van der Waals surface area contributed by atoms with Gasteiger partial charge in [0, 0.05) is 12.0 Å². The molecule has 4 rings (SSSR count). The van der Waals surface area contributed by atoms with E-state index in [1.807, 2.05) is 37.3 Å². The predicted octanol–water partition coefficient (Wildman–Crippen LogP) is 2.33. The number of para-hydroxylation sites is 1. The number of H-pyrrole nitrogens is 1. The standard InChI is InChI=1S/C21H21N5O3/c1-2-6-18-24-25-19-21(28)23-16-13-14(9-10-17(16)26(18)19)20(27)22-11-12-29-15-7-4-3-5-8-15/h3-5,7-10,13H,2,6,11-12H2,1H3,(H,22,27)(H,23,28). The normalized spacial score (nSPS) is 11.1. The van der Waals surface area contributed by atoms with Crippen LogP contribution in [0.2, 0.25) is 0 Å². The third-order valence-corrected chi connectivity index (χ3v) is 4.55. The lowest BCUT2D eigenvalue weighted by molar-refractivity contribution is 0.0947. The largest absolute Gasteiger partial charge is 0.492 e. The molecule has 0 atom stereocenters. The van der Waals surface area contributed by atoms with Crippen LogP contribution in [-0.2, 0) is 6.42 Å². The molecule has 2 aromatic heterocycles. The molecule has 2 heterocycles. The highest BCUT2D eigenvalue weighted by Crippen LogP contribution is 2.16. The van der Waals surface area contributed by atoms with Crippen LogP contribution in [0.3, 0.4) is 0 Å². The molecule has 0 saturated carbocycles. The Morgan fingerprint density at radius 1 is 1.17 bits per heavy atom. The molecule has 0 fully saturated rings. The van der Waals surface area contributed by atoms with Gasteiger partial charge in [-0.05, 0) is 36.8 Å². The number of fused-ring (bicyclic) bond motifs is 3. The first-order valence-corrected chi connectivity index (χ1v) is 9.53. The second-order valence-electron chi connectivity index (χ2n) is 6.63. The van der Waals surface area contributed by atoms with Crippen LogP contribution in [0.5, 0.6) is 5.75 Å². The number of carbonyl (C=O) groups is 1. The van der Waals surface area contributed by atoms with Gasteiger partial charge in [-0.15, -0.1) is 10.2 Å². The number of benzene rings is 2. The number of hydrogen-bond donors (Lipinski definition) is 2. The van der Waals surface area contributed by atoms with Crippen LogP contribution in [0.1, 0.15) is 29.5 Å². The Morgan fingerprint density at radius 3 is 2.79 bits per heavy atom. The number of aryl methyl sites for hydroxylation is 1. The second-order valence-corrected chi connectivity index (χ2v) is 6.63. The predicted molar refractivity (Wildman–Crippen MR) is 109 cm³/mol. The third kappa shape index (κ3) is 3.82. The molecule has 4 aromatic rings. The number of amides is 1. The zero-order valence-corrected chi connectivity index (χ0v) is 16.0. The molecule has 2 N–H and O–H groups in total. The van der Waals surface area contributed by atoms with Crippen LogP contribution < -0.4 is 15.6 Å². The molecule has 0 unspecified atom stereocenters. The lowest BCUT2D eigenvalue weighted by Crippen LogP contribution is -2.28. The highest BCUT2D eigenvalue weighted by molar-refractivity contribution is 5.97. The van der Waals surface area contributed by atoms with Crippen LogP contribution >= 0.6 is 0 Å². The average Bonchev–Trinajstić information content (AvgIpc) is 3.16. The first-order valence-electron chi connectivity index (χ1n) is 9.53. The summed E-state index contributed by atoms with van der Waals surface area (Å²) in [6, 6.07) is 14.6. The lowest BCUT2D eigenvalue weighted by atomic mass is 10.1. The first kappa shape index (κ1) is 18.7. The van der Waals surface area contributed by atoms with E-state index in [9.17, 15) is 9.59 Å². The summed E-state index contributed by atoms with van der Waals surface area (Å²) < 4.78 is 7.33. The molecule has 8 heteroatoms. The highest BCUT2D eigenvalue weighted by atomic mass is 16.5. The second kappa shape index (κ2) is 8.14. The summed E-state index contributed by atoms with van der Waals surface area (Å²) in [6.45, 7) is 2.77. The Labute approximate surface area is 166 Å². The summed E-state index contributed by atoms with van der Waals surface area (Å²) in [4.78, 5) is 27.6. The molecule has 148 valence electrons. The van der Waals surface area contributed by atoms with Crippen molar-refractivity contribution in [2.45, 2.75) is 19.8 Å². The molecule has 2 aromatic carbocycles. The first-order chi connectivity index (χ1) is 14.2. The fraction of sp³-hybridized carbons (Fsp3) is 0.238. The Morgan fingerprint density at radius 2 is 2.00 bits per heavy atom. The van der Waals surface area contributed by atoms with Crippen LogP contribution in [0.15, 0.2) is 53.3 Å². The highest BCUT2D eigenvalue weighted by Gasteiger charge is 2.14. The number of ether oxygens (including phenoxy) is 1. The fourth-order valence-corrected chi connectivity index (χ4v) is 3.21. The summed E-state index contributed by atoms with van der Waals surface area (Å²) in [5, 5.41) is 10.9. The van der Waals surface area contributed by atoms with Crippen LogP contribution in [0.4, 0.5) is 0 Å². The Balaban J connectivity index is 1.52. The SMILES string of the molecule is CCCc1nnc2c(=O)[nH]c3cc(C(=O)NCCOc4ccccc4)ccc3n12. The third-order valence-electron chi connectivity index (χ3n) is 4.55. The van der Waals surface area contributed by atoms with E-state index in [4.69, 9.17) is 4.74 Å². The summed E-state index contributed by atoms with van der Waals surface area (Å²) in [6.07, 6.45) is 1.60. The van der Waals surface area contributed by atoms with E-state index in [2.05, 4.69) is 20.5 Å². The van der Waals surface area contributed by atoms with Crippen molar-refractivity contribution in [3.05, 3.63) is 70.3 Å². The minimum absolute atomic E-state index is 0.234. The molecule has 8 nitrogen and oxygen atoms in total. The fourth-order valence-electron chi connectivity index (χ4n) is 3.21. The Bertz CT molecular complexity index is 1210. The zero-order chi connectivity index (χ0) is 20.2. The summed E-state index contributed by atoms with van der Waals surface area (Å²) in [5.41, 5.74) is 1.71. The molecule has 0 aliphatic carbocycles. The number of carbonyl (C=O) groups excluding carboxylic acids is 1. The topological polar surface area (TPSA) is 101 Å². The number of nitrogens with zero attached hydrogens (tertiary/aromatic N) is 3. The van der Waals surface area contributed by atoms with E-state index in [0.29, 0.717) is 30.7 Å². The minimum Gasteiger partial charge on any atom is -0.492 e. The average molecular weight is 391 g/mol. The number of hydrogen-bond acceptors (Lipinski definition) is 5. The monoisotopic (exact) mass is 391 g/mol. The van der Waals surface area contributed by atoms with Crippen LogP contribution in [0, 0.1) is 0 Å². The van der Waals surface area contributed by atoms with Gasteiger partial charge >= 0.3 is 0 Å². The van der Waals surface area contributed by atoms with Gasteiger partial charge in [-0.25, -0.2) is 0 Å². The van der Waals surface area contributed by atoms with Gasteiger partial charge in [0.2, 0.25) is 5.65 Å². The summed E-state index contributed by atoms with van der Waals surface area (Å²) >= 11 is 0. The van der Waals surface area contributed by atoms with Gasteiger partial charge in [0.15, 0.2) is 0 Å². The van der Waals surface area contributed by atoms with Crippen molar-refractivity contribution < 1.29 is 9.53 Å². The van der Waals surface area contributed by atoms with Crippen molar-refractivity contribution in [1.82, 2.24) is 24.9 Å². The molecule has 0 aliphatic rings. The van der Waals surface area contributed by atoms with Gasteiger partial charge in [0.25, 0.3) is 11.5 Å². The van der Waals surface area contributed by atoms with Gasteiger partial charge in [0.1, 0.15) is 18.2 Å². The van der Waals surface area contributed by atoms with E-state index >= 15 is 0 Å². The Kier molecular flexibility index (Phi) is 5.24. The minimum atomic E-state index is -0.332. The van der Waals surface area contributed by atoms with E-state index in [1.165, 1.54) is 0 Å². The maximum atomic E-state index is 12.5. The van der Waals surface area contributed by atoms with Crippen molar-refractivity contribution in [2.24, 2.45) is 0 Å². The molecular formula is C21H21N5O3. The Hall–Kier alpha value is -3.68. The molecule has 1 amide bonds. The smallest absolute Gasteiger partial charge is 0.294 e. The van der Waals surface area contributed by atoms with Crippen molar-refractivity contribution in [3.63, 3.8) is 0 Å². The molecule has 0 saturated heterocycles. The van der Waals surface area contributed by atoms with Crippen LogP contribution in [-0.4, -0.2) is 38.6 Å². The van der Waals surface area contributed by atoms with E-state index < -0.39 is 0 Å². The summed E-state index contributed by atoms with van der Waals surface area (Å²) in [7, 11) is 0. The van der Waals surface area contributed by atoms with E-state index in [1.54, 1.807) is 22.6 Å². The lowest BCUT2D eigenvalue weighted by Gasteiger charge is -2.09. The van der Waals surface area contributed by atoms with Gasteiger partial charge < -0.3 is 15.0 Å². The van der Waals surface area contributed by atoms with E-state index in [0.717, 1.165) is 23.5 Å². The van der Waals surface area contributed by atoms with E-state index in [-0.39, 0.29) is 17.1 Å². The number of rotatable bonds is 7. The quantitative estimate of drug-likeness (QED) is 0.471. The zero-order valence-electron chi connectivity index (χ0n) is 16.0. The molecule has 0 aliphatic heterocycles. The van der Waals surface area contributed by atoms with Crippen molar-refractivity contribution >= 4 is 22.6 Å². The molecular weight excluding hydrogens is 370 g/mol. The molecule has 29 heavy (non-hydrogen) atoms. The number of nitrogens with one attached hydrogen (secondary N) is 2. The van der Waals surface area contributed by atoms with Crippen molar-refractivity contribution in [2.75, 3.05) is 13.2 Å². The number of aromatic amines is 1. The summed E-state index contributed by atoms with van der Waals surface area (Å²) in [5.74, 6) is 1.25.